The van der Waals surface area contributed by atoms with Gasteiger partial charge in [-0.15, -0.1) is 0 Å². The monoisotopic (exact) mass is 203 g/mol. The molecule has 2 fully saturated rings. The summed E-state index contributed by atoms with van der Waals surface area (Å²) in [5.74, 6) is 0. The average Bonchev–Trinajstić information content (AvgIpc) is 2.14. The third-order valence-corrected chi connectivity index (χ3v) is 3.28. The smallest absolute Gasteiger partial charge is 0.109 e. The van der Waals surface area contributed by atoms with Crippen molar-refractivity contribution >= 4 is 0 Å². The normalized spacial score (nSPS) is 50.1. The molecule has 2 aliphatic heterocycles. The van der Waals surface area contributed by atoms with Crippen LogP contribution in [-0.4, -0.2) is 68.9 Å². The van der Waals surface area contributed by atoms with Crippen LogP contribution < -0.4 is 0 Å². The molecule has 0 saturated carbocycles. The Kier molecular flexibility index (Phi) is 2.77. The summed E-state index contributed by atoms with van der Waals surface area (Å²) in [6.45, 7) is 1.10. The van der Waals surface area contributed by atoms with Gasteiger partial charge in [-0.2, -0.15) is 0 Å². The fourth-order valence-corrected chi connectivity index (χ4v) is 2.50. The Morgan fingerprint density at radius 1 is 0.929 bits per heavy atom. The van der Waals surface area contributed by atoms with Crippen molar-refractivity contribution in [2.45, 2.75) is 43.3 Å². The topological polar surface area (TPSA) is 84.2 Å². The van der Waals surface area contributed by atoms with E-state index in [0.717, 1.165) is 13.0 Å². The van der Waals surface area contributed by atoms with Crippen LogP contribution in [0.1, 0.15) is 12.8 Å². The molecule has 5 nitrogen and oxygen atoms in total. The summed E-state index contributed by atoms with van der Waals surface area (Å²) in [5.41, 5.74) is 0. The number of aliphatic hydroxyl groups is 4. The highest BCUT2D eigenvalue weighted by atomic mass is 16.4. The average molecular weight is 203 g/mol. The molecular formula is C9H17NO4. The highest BCUT2D eigenvalue weighted by Crippen LogP contribution is 2.27. The molecule has 5 atom stereocenters. The Morgan fingerprint density at radius 3 is 2.36 bits per heavy atom. The molecule has 0 aromatic rings. The van der Waals surface area contributed by atoms with Crippen molar-refractivity contribution in [3.05, 3.63) is 0 Å². The Balaban J connectivity index is 2.14. The number of hydrogen-bond acceptors (Lipinski definition) is 5. The molecule has 0 aromatic carbocycles. The van der Waals surface area contributed by atoms with Crippen molar-refractivity contribution in [2.24, 2.45) is 0 Å². The third kappa shape index (κ3) is 1.55. The van der Waals surface area contributed by atoms with Crippen LogP contribution >= 0.6 is 0 Å². The molecule has 0 unspecified atom stereocenters. The maximum atomic E-state index is 9.70. The lowest BCUT2D eigenvalue weighted by Crippen LogP contribution is -2.66. The minimum absolute atomic E-state index is 0.333. The van der Waals surface area contributed by atoms with Crippen molar-refractivity contribution in [1.29, 1.82) is 0 Å². The fourth-order valence-electron chi connectivity index (χ4n) is 2.50. The lowest BCUT2D eigenvalue weighted by molar-refractivity contribution is -0.169. The van der Waals surface area contributed by atoms with Crippen LogP contribution in [0.15, 0.2) is 0 Å². The molecule has 4 N–H and O–H groups in total. The van der Waals surface area contributed by atoms with E-state index in [9.17, 15) is 20.4 Å². The molecule has 0 aromatic heterocycles. The zero-order chi connectivity index (χ0) is 10.3. The summed E-state index contributed by atoms with van der Waals surface area (Å²) in [6, 6.07) is -0.415. The Hall–Kier alpha value is -0.200. The molecule has 0 bridgehead atoms. The van der Waals surface area contributed by atoms with Gasteiger partial charge in [0.2, 0.25) is 0 Å². The highest BCUT2D eigenvalue weighted by molar-refractivity contribution is 4.99. The molecule has 82 valence electrons. The van der Waals surface area contributed by atoms with Crippen molar-refractivity contribution in [3.63, 3.8) is 0 Å². The van der Waals surface area contributed by atoms with Crippen molar-refractivity contribution in [1.82, 2.24) is 4.90 Å². The largest absolute Gasteiger partial charge is 0.391 e. The van der Waals surface area contributed by atoms with Crippen LogP contribution in [0.4, 0.5) is 0 Å². The van der Waals surface area contributed by atoms with Gasteiger partial charge in [-0.05, 0) is 19.4 Å². The van der Waals surface area contributed by atoms with Crippen LogP contribution in [0.2, 0.25) is 0 Å². The number of hydrogen-bond donors (Lipinski definition) is 4. The van der Waals surface area contributed by atoms with Crippen LogP contribution in [0.25, 0.3) is 0 Å². The van der Waals surface area contributed by atoms with Crippen molar-refractivity contribution in [3.8, 4) is 0 Å². The van der Waals surface area contributed by atoms with Crippen molar-refractivity contribution < 1.29 is 20.4 Å². The van der Waals surface area contributed by atoms with E-state index in [4.69, 9.17) is 0 Å². The van der Waals surface area contributed by atoms with Crippen LogP contribution in [-0.2, 0) is 0 Å². The number of fused-ring (bicyclic) bond motifs is 1. The molecule has 0 aliphatic carbocycles. The van der Waals surface area contributed by atoms with Gasteiger partial charge in [-0.1, -0.05) is 0 Å². The molecule has 2 rings (SSSR count). The second kappa shape index (κ2) is 3.75. The summed E-state index contributed by atoms with van der Waals surface area (Å²) in [5, 5.41) is 38.3. The van der Waals surface area contributed by atoms with Gasteiger partial charge in [0.05, 0.1) is 18.2 Å². The van der Waals surface area contributed by atoms with E-state index in [-0.39, 0.29) is 0 Å². The molecule has 0 spiro atoms. The van der Waals surface area contributed by atoms with Crippen LogP contribution in [0.3, 0.4) is 0 Å². The predicted octanol–water partition coefficient (Wildman–Crippen LogP) is -2.09. The summed E-state index contributed by atoms with van der Waals surface area (Å²) < 4.78 is 0. The van der Waals surface area contributed by atoms with Gasteiger partial charge < -0.3 is 20.4 Å². The number of nitrogens with zero attached hydrogens (tertiary/aromatic N) is 1. The van der Waals surface area contributed by atoms with Gasteiger partial charge >= 0.3 is 0 Å². The Bertz CT molecular complexity index is 211. The number of piperidine rings is 2. The van der Waals surface area contributed by atoms with Crippen LogP contribution in [0.5, 0.6) is 0 Å². The Morgan fingerprint density at radius 2 is 1.64 bits per heavy atom. The zero-order valence-corrected chi connectivity index (χ0v) is 7.95. The summed E-state index contributed by atoms with van der Waals surface area (Å²) in [4.78, 5) is 1.86. The van der Waals surface area contributed by atoms with E-state index in [0.29, 0.717) is 13.0 Å². The minimum atomic E-state index is -1.14. The van der Waals surface area contributed by atoms with Crippen molar-refractivity contribution in [2.75, 3.05) is 13.1 Å². The van der Waals surface area contributed by atoms with E-state index in [1.807, 2.05) is 4.90 Å². The molecule has 2 saturated heterocycles. The van der Waals surface area contributed by atoms with E-state index >= 15 is 0 Å². The molecule has 5 heteroatoms. The molecule has 2 heterocycles. The molecular weight excluding hydrogens is 186 g/mol. The lowest BCUT2D eigenvalue weighted by atomic mass is 9.86. The maximum absolute atomic E-state index is 9.70. The first kappa shape index (κ1) is 10.3. The van der Waals surface area contributed by atoms with E-state index < -0.39 is 30.5 Å². The maximum Gasteiger partial charge on any atom is 0.109 e. The predicted molar refractivity (Wildman–Crippen MR) is 48.6 cm³/mol. The molecule has 2 aliphatic rings. The summed E-state index contributed by atoms with van der Waals surface area (Å²) in [7, 11) is 0. The second-order valence-corrected chi connectivity index (χ2v) is 4.24. The molecule has 0 radical (unpaired) electrons. The first-order valence-corrected chi connectivity index (χ1v) is 5.07. The summed E-state index contributed by atoms with van der Waals surface area (Å²) >= 11 is 0. The van der Waals surface area contributed by atoms with Gasteiger partial charge in [0.25, 0.3) is 0 Å². The molecule has 14 heavy (non-hydrogen) atoms. The van der Waals surface area contributed by atoms with E-state index in [2.05, 4.69) is 0 Å². The number of aliphatic hydroxyl groups excluding tert-OH is 4. The standard InChI is InChI=1S/C9H17NO4/c11-5-2-1-3-10-4-6(12)8(13)9(14)7(5)10/h5-9,11-14H,1-4H2/t5-,6-,7+,8-,9-/m1/s1. The van der Waals surface area contributed by atoms with E-state index in [1.165, 1.54) is 0 Å². The SMILES string of the molecule is O[C@H]1[C@H](O)[C@H](O)CN2CCC[C@@H](O)[C@@H]12. The highest BCUT2D eigenvalue weighted by Gasteiger charge is 2.45. The number of rotatable bonds is 0. The molecule has 0 amide bonds. The van der Waals surface area contributed by atoms with Gasteiger partial charge in [0.15, 0.2) is 0 Å². The zero-order valence-electron chi connectivity index (χ0n) is 7.95. The lowest BCUT2D eigenvalue weighted by Gasteiger charge is -2.48. The van der Waals surface area contributed by atoms with Gasteiger partial charge in [0, 0.05) is 6.54 Å². The second-order valence-electron chi connectivity index (χ2n) is 4.24. The quantitative estimate of drug-likeness (QED) is 0.363. The van der Waals surface area contributed by atoms with E-state index in [1.54, 1.807) is 0 Å². The summed E-state index contributed by atoms with van der Waals surface area (Å²) in [6.07, 6.45) is -2.17. The Labute approximate surface area is 82.6 Å². The van der Waals surface area contributed by atoms with Crippen LogP contribution in [0, 0.1) is 0 Å². The minimum Gasteiger partial charge on any atom is -0.391 e. The first-order chi connectivity index (χ1) is 6.61. The third-order valence-electron chi connectivity index (χ3n) is 3.28. The van der Waals surface area contributed by atoms with Gasteiger partial charge in [-0.25, -0.2) is 0 Å². The van der Waals surface area contributed by atoms with Gasteiger partial charge in [-0.3, -0.25) is 4.90 Å². The fraction of sp³-hybridized carbons (Fsp3) is 1.00. The first-order valence-electron chi connectivity index (χ1n) is 5.07. The van der Waals surface area contributed by atoms with Gasteiger partial charge in [0.1, 0.15) is 12.2 Å².